The molecule has 0 atom stereocenters. The highest BCUT2D eigenvalue weighted by molar-refractivity contribution is 5.58. The number of aryl methyl sites for hydroxylation is 2. The van der Waals surface area contributed by atoms with Crippen LogP contribution in [0.2, 0.25) is 0 Å². The van der Waals surface area contributed by atoms with Crippen LogP contribution in [0.4, 0.5) is 0 Å². The smallest absolute Gasteiger partial charge is 0.274 e. The van der Waals surface area contributed by atoms with Crippen molar-refractivity contribution in [1.29, 1.82) is 5.26 Å². The number of H-pyrrole nitrogens is 1. The van der Waals surface area contributed by atoms with Crippen LogP contribution in [0.15, 0.2) is 29.0 Å². The van der Waals surface area contributed by atoms with Gasteiger partial charge in [-0.3, -0.25) is 4.98 Å². The first-order valence-electron chi connectivity index (χ1n) is 6.03. The van der Waals surface area contributed by atoms with Gasteiger partial charge in [0.2, 0.25) is 5.82 Å². The molecule has 3 aromatic heterocycles. The van der Waals surface area contributed by atoms with Gasteiger partial charge in [-0.2, -0.15) is 10.2 Å². The minimum Gasteiger partial charge on any atom is -0.356 e. The Morgan fingerprint density at radius 1 is 1.30 bits per heavy atom. The lowest BCUT2D eigenvalue weighted by Gasteiger charge is -2.00. The Morgan fingerprint density at radius 3 is 2.85 bits per heavy atom. The molecule has 3 rings (SSSR count). The van der Waals surface area contributed by atoms with Gasteiger partial charge in [-0.1, -0.05) is 11.2 Å². The molecule has 0 bridgehead atoms. The fourth-order valence-corrected chi connectivity index (χ4v) is 1.96. The zero-order valence-electron chi connectivity index (χ0n) is 11.0. The molecule has 6 heteroatoms. The molecular weight excluding hydrogens is 254 g/mol. The minimum atomic E-state index is 0.336. The fraction of sp³-hybridized carbons (Fsp3) is 0.143. The first kappa shape index (κ1) is 12.1. The molecule has 0 fully saturated rings. The highest BCUT2D eigenvalue weighted by Crippen LogP contribution is 2.23. The lowest BCUT2D eigenvalue weighted by Crippen LogP contribution is -1.91. The summed E-state index contributed by atoms with van der Waals surface area (Å²) in [6.45, 7) is 3.93. The maximum atomic E-state index is 8.80. The van der Waals surface area contributed by atoms with E-state index in [9.17, 15) is 0 Å². The average Bonchev–Trinajstić information content (AvgIpc) is 3.07. The predicted molar refractivity (Wildman–Crippen MR) is 71.5 cm³/mol. The van der Waals surface area contributed by atoms with E-state index in [1.54, 1.807) is 18.5 Å². The van der Waals surface area contributed by atoms with Crippen LogP contribution in [0.3, 0.4) is 0 Å². The standard InChI is InChI=1S/C14H11N5O/c1-8-3-9(2)12(17-6-8)13-18-14(20-19-13)11-4-10(5-15)7-16-11/h3-4,6-7,16H,1-2H3. The van der Waals surface area contributed by atoms with Gasteiger partial charge in [0.25, 0.3) is 5.89 Å². The molecule has 0 aliphatic rings. The summed E-state index contributed by atoms with van der Waals surface area (Å²) in [5.41, 5.74) is 3.90. The summed E-state index contributed by atoms with van der Waals surface area (Å²) < 4.78 is 5.21. The van der Waals surface area contributed by atoms with Crippen molar-refractivity contribution in [1.82, 2.24) is 20.1 Å². The van der Waals surface area contributed by atoms with Crippen LogP contribution in [0, 0.1) is 25.2 Å². The van der Waals surface area contributed by atoms with Crippen LogP contribution in [-0.2, 0) is 0 Å². The molecule has 0 amide bonds. The van der Waals surface area contributed by atoms with Crippen molar-refractivity contribution in [2.45, 2.75) is 13.8 Å². The fourth-order valence-electron chi connectivity index (χ4n) is 1.96. The van der Waals surface area contributed by atoms with Gasteiger partial charge in [-0.05, 0) is 31.0 Å². The van der Waals surface area contributed by atoms with Crippen LogP contribution in [-0.4, -0.2) is 20.1 Å². The van der Waals surface area contributed by atoms with Crippen molar-refractivity contribution in [2.75, 3.05) is 0 Å². The van der Waals surface area contributed by atoms with E-state index in [4.69, 9.17) is 9.78 Å². The number of rotatable bonds is 2. The van der Waals surface area contributed by atoms with Crippen LogP contribution < -0.4 is 0 Å². The van der Waals surface area contributed by atoms with Gasteiger partial charge in [0.1, 0.15) is 17.5 Å². The second-order valence-corrected chi connectivity index (χ2v) is 4.52. The van der Waals surface area contributed by atoms with E-state index in [2.05, 4.69) is 20.1 Å². The van der Waals surface area contributed by atoms with Crippen molar-refractivity contribution < 1.29 is 4.52 Å². The Balaban J connectivity index is 2.00. The summed E-state index contributed by atoms with van der Waals surface area (Å²) in [5.74, 6) is 0.772. The summed E-state index contributed by atoms with van der Waals surface area (Å²) in [6, 6.07) is 5.71. The largest absolute Gasteiger partial charge is 0.356 e. The maximum absolute atomic E-state index is 8.80. The molecular formula is C14H11N5O. The van der Waals surface area contributed by atoms with Crippen LogP contribution in [0.1, 0.15) is 16.7 Å². The Hall–Kier alpha value is -2.94. The molecule has 0 aliphatic heterocycles. The van der Waals surface area contributed by atoms with E-state index >= 15 is 0 Å². The van der Waals surface area contributed by atoms with Gasteiger partial charge in [-0.15, -0.1) is 0 Å². The van der Waals surface area contributed by atoms with E-state index < -0.39 is 0 Å². The third-order valence-electron chi connectivity index (χ3n) is 2.90. The number of hydrogen-bond donors (Lipinski definition) is 1. The summed E-state index contributed by atoms with van der Waals surface area (Å²) >= 11 is 0. The molecule has 3 heterocycles. The van der Waals surface area contributed by atoms with E-state index in [0.717, 1.165) is 11.1 Å². The highest BCUT2D eigenvalue weighted by atomic mass is 16.5. The number of nitrogens with one attached hydrogen (secondary N) is 1. The lowest BCUT2D eigenvalue weighted by atomic mass is 10.1. The second kappa shape index (κ2) is 4.63. The molecule has 0 saturated heterocycles. The summed E-state index contributed by atoms with van der Waals surface area (Å²) in [7, 11) is 0. The van der Waals surface area contributed by atoms with Crippen LogP contribution in [0.25, 0.3) is 23.1 Å². The van der Waals surface area contributed by atoms with Crippen LogP contribution >= 0.6 is 0 Å². The Bertz CT molecular complexity index is 809. The number of aromatic nitrogens is 4. The van der Waals surface area contributed by atoms with E-state index in [0.29, 0.717) is 28.7 Å². The molecule has 0 spiro atoms. The lowest BCUT2D eigenvalue weighted by molar-refractivity contribution is 0.431. The Morgan fingerprint density at radius 2 is 2.15 bits per heavy atom. The van der Waals surface area contributed by atoms with Gasteiger partial charge in [0, 0.05) is 12.4 Å². The van der Waals surface area contributed by atoms with Gasteiger partial charge in [0.05, 0.1) is 5.56 Å². The Kier molecular flexibility index (Phi) is 2.80. The third-order valence-corrected chi connectivity index (χ3v) is 2.90. The van der Waals surface area contributed by atoms with Gasteiger partial charge in [0.15, 0.2) is 0 Å². The summed E-state index contributed by atoms with van der Waals surface area (Å²) in [4.78, 5) is 11.6. The molecule has 20 heavy (non-hydrogen) atoms. The molecule has 6 nitrogen and oxygen atoms in total. The number of nitriles is 1. The van der Waals surface area contributed by atoms with Crippen molar-refractivity contribution in [2.24, 2.45) is 0 Å². The molecule has 1 N–H and O–H groups in total. The number of aromatic amines is 1. The van der Waals surface area contributed by atoms with Crippen molar-refractivity contribution >= 4 is 0 Å². The number of nitrogens with zero attached hydrogens (tertiary/aromatic N) is 4. The molecule has 0 saturated carbocycles. The summed E-state index contributed by atoms with van der Waals surface area (Å²) in [5, 5.41) is 12.7. The topological polar surface area (TPSA) is 91.4 Å². The van der Waals surface area contributed by atoms with E-state index in [-0.39, 0.29) is 0 Å². The first-order valence-corrected chi connectivity index (χ1v) is 6.03. The highest BCUT2D eigenvalue weighted by Gasteiger charge is 2.14. The molecule has 0 unspecified atom stereocenters. The monoisotopic (exact) mass is 265 g/mol. The van der Waals surface area contributed by atoms with Crippen molar-refractivity contribution in [3.63, 3.8) is 0 Å². The maximum Gasteiger partial charge on any atom is 0.274 e. The van der Waals surface area contributed by atoms with Crippen molar-refractivity contribution in [3.05, 3.63) is 41.2 Å². The SMILES string of the molecule is Cc1cnc(-c2noc(-c3cc(C#N)c[nH]3)n2)c(C)c1. The van der Waals surface area contributed by atoms with E-state index in [1.807, 2.05) is 26.0 Å². The molecule has 0 aliphatic carbocycles. The molecule has 98 valence electrons. The third kappa shape index (κ3) is 2.06. The molecule has 0 radical (unpaired) electrons. The van der Waals surface area contributed by atoms with Crippen LogP contribution in [0.5, 0.6) is 0 Å². The Labute approximate surface area is 115 Å². The zero-order chi connectivity index (χ0) is 14.1. The number of hydrogen-bond acceptors (Lipinski definition) is 5. The predicted octanol–water partition coefficient (Wildman–Crippen LogP) is 2.62. The summed E-state index contributed by atoms with van der Waals surface area (Å²) in [6.07, 6.45) is 3.36. The molecule has 3 aromatic rings. The quantitative estimate of drug-likeness (QED) is 0.769. The second-order valence-electron chi connectivity index (χ2n) is 4.52. The van der Waals surface area contributed by atoms with Gasteiger partial charge in [-0.25, -0.2) is 0 Å². The zero-order valence-corrected chi connectivity index (χ0v) is 11.0. The normalized spacial score (nSPS) is 10.4. The first-order chi connectivity index (χ1) is 9.67. The van der Waals surface area contributed by atoms with Gasteiger partial charge >= 0.3 is 0 Å². The van der Waals surface area contributed by atoms with Crippen molar-refractivity contribution in [3.8, 4) is 29.2 Å². The minimum absolute atomic E-state index is 0.336. The average molecular weight is 265 g/mol. The van der Waals surface area contributed by atoms with E-state index in [1.165, 1.54) is 0 Å². The number of pyridine rings is 1. The van der Waals surface area contributed by atoms with Gasteiger partial charge < -0.3 is 9.51 Å². The molecule has 0 aromatic carbocycles.